The molecule has 0 radical (unpaired) electrons. The molecule has 1 aromatic carbocycles. The van der Waals surface area contributed by atoms with Gasteiger partial charge in [0.15, 0.2) is 11.5 Å². The van der Waals surface area contributed by atoms with Gasteiger partial charge < -0.3 is 14.6 Å². The van der Waals surface area contributed by atoms with Crippen LogP contribution in [-0.4, -0.2) is 29.1 Å². The molecule has 5 heteroatoms. The number of aliphatic hydroxyl groups is 1. The normalized spacial score (nSPS) is 10.4. The number of hydrogen-bond donors (Lipinski definition) is 1. The molecule has 0 saturated carbocycles. The summed E-state index contributed by atoms with van der Waals surface area (Å²) in [5, 5.41) is 13.3. The Kier molecular flexibility index (Phi) is 3.53. The lowest BCUT2D eigenvalue weighted by atomic mass is 10.1. The lowest BCUT2D eigenvalue weighted by molar-refractivity contribution is 0.275. The molecule has 1 aromatic heterocycles. The number of rotatable bonds is 4. The Bertz CT molecular complexity index is 549. The van der Waals surface area contributed by atoms with E-state index < -0.39 is 0 Å². The molecule has 0 aliphatic carbocycles. The van der Waals surface area contributed by atoms with Gasteiger partial charge in [0.1, 0.15) is 0 Å². The third kappa shape index (κ3) is 2.17. The molecule has 1 heterocycles. The van der Waals surface area contributed by atoms with Gasteiger partial charge in [0.05, 0.1) is 32.2 Å². The van der Waals surface area contributed by atoms with Gasteiger partial charge in [0, 0.05) is 12.6 Å². The second-order valence-electron chi connectivity index (χ2n) is 3.87. The zero-order valence-corrected chi connectivity index (χ0v) is 10.7. The summed E-state index contributed by atoms with van der Waals surface area (Å²) < 4.78 is 12.2. The van der Waals surface area contributed by atoms with Crippen molar-refractivity contribution in [2.75, 3.05) is 14.2 Å². The van der Waals surface area contributed by atoms with Gasteiger partial charge in [-0.2, -0.15) is 5.10 Å². The second kappa shape index (κ2) is 5.10. The van der Waals surface area contributed by atoms with Gasteiger partial charge in [-0.1, -0.05) is 0 Å². The molecule has 0 saturated heterocycles. The van der Waals surface area contributed by atoms with Crippen LogP contribution < -0.4 is 9.47 Å². The average Bonchev–Trinajstić information content (AvgIpc) is 2.79. The van der Waals surface area contributed by atoms with E-state index in [0.29, 0.717) is 17.2 Å². The highest BCUT2D eigenvalue weighted by Crippen LogP contribution is 2.32. The summed E-state index contributed by atoms with van der Waals surface area (Å²) in [4.78, 5) is 0. The van der Waals surface area contributed by atoms with E-state index in [0.717, 1.165) is 11.3 Å². The molecule has 0 bridgehead atoms. The fourth-order valence-corrected chi connectivity index (χ4v) is 1.87. The van der Waals surface area contributed by atoms with Gasteiger partial charge in [-0.3, -0.25) is 4.68 Å². The van der Waals surface area contributed by atoms with E-state index in [2.05, 4.69) is 5.10 Å². The number of aromatic nitrogens is 2. The van der Waals surface area contributed by atoms with E-state index in [9.17, 15) is 0 Å². The zero-order chi connectivity index (χ0) is 13.1. The molecule has 0 aliphatic rings. The fourth-order valence-electron chi connectivity index (χ4n) is 1.87. The third-order valence-corrected chi connectivity index (χ3v) is 2.77. The topological polar surface area (TPSA) is 56.5 Å². The molecule has 5 nitrogen and oxygen atoms in total. The first-order valence-corrected chi connectivity index (χ1v) is 5.55. The van der Waals surface area contributed by atoms with Gasteiger partial charge in [-0.15, -0.1) is 0 Å². The van der Waals surface area contributed by atoms with Crippen LogP contribution in [0.1, 0.15) is 5.69 Å². The summed E-state index contributed by atoms with van der Waals surface area (Å²) >= 11 is 0. The minimum Gasteiger partial charge on any atom is -0.493 e. The molecule has 2 aromatic rings. The first kappa shape index (κ1) is 12.4. The van der Waals surface area contributed by atoms with Crippen molar-refractivity contribution in [3.63, 3.8) is 0 Å². The van der Waals surface area contributed by atoms with Gasteiger partial charge in [-0.25, -0.2) is 0 Å². The average molecular weight is 248 g/mol. The maximum Gasteiger partial charge on any atom is 0.161 e. The van der Waals surface area contributed by atoms with Crippen molar-refractivity contribution in [1.29, 1.82) is 0 Å². The minimum absolute atomic E-state index is 0.0683. The predicted octanol–water partition coefficient (Wildman–Crippen LogP) is 1.60. The molecule has 0 unspecified atom stereocenters. The number of hydrogen-bond acceptors (Lipinski definition) is 4. The fraction of sp³-hybridized carbons (Fsp3) is 0.308. The Hall–Kier alpha value is -2.01. The highest BCUT2D eigenvalue weighted by Gasteiger charge is 2.10. The van der Waals surface area contributed by atoms with E-state index in [1.165, 1.54) is 0 Å². The summed E-state index contributed by atoms with van der Waals surface area (Å²) in [6.45, 7) is -0.0683. The predicted molar refractivity (Wildman–Crippen MR) is 67.7 cm³/mol. The van der Waals surface area contributed by atoms with E-state index in [1.54, 1.807) is 18.9 Å². The third-order valence-electron chi connectivity index (χ3n) is 2.77. The molecule has 0 amide bonds. The highest BCUT2D eigenvalue weighted by molar-refractivity contribution is 5.64. The lowest BCUT2D eigenvalue weighted by Gasteiger charge is -2.09. The molecule has 0 fully saturated rings. The lowest BCUT2D eigenvalue weighted by Crippen LogP contribution is -1.96. The van der Waals surface area contributed by atoms with Crippen LogP contribution in [0.4, 0.5) is 0 Å². The summed E-state index contributed by atoms with van der Waals surface area (Å²) in [5.41, 5.74) is 2.52. The van der Waals surface area contributed by atoms with Crippen molar-refractivity contribution in [1.82, 2.24) is 9.78 Å². The summed E-state index contributed by atoms with van der Waals surface area (Å²) in [5.74, 6) is 1.35. The van der Waals surface area contributed by atoms with E-state index in [4.69, 9.17) is 14.6 Å². The Labute approximate surface area is 106 Å². The van der Waals surface area contributed by atoms with Crippen LogP contribution in [0.25, 0.3) is 11.3 Å². The number of ether oxygens (including phenoxy) is 2. The van der Waals surface area contributed by atoms with E-state index >= 15 is 0 Å². The molecular formula is C13H16N2O3. The molecule has 0 atom stereocenters. The van der Waals surface area contributed by atoms with Crippen LogP contribution in [0, 0.1) is 0 Å². The Morgan fingerprint density at radius 1 is 1.17 bits per heavy atom. The Balaban J connectivity index is 2.47. The second-order valence-corrected chi connectivity index (χ2v) is 3.87. The molecule has 0 spiro atoms. The number of benzene rings is 1. The maximum absolute atomic E-state index is 9.08. The SMILES string of the molecule is COc1ccc(-c2cc(CO)nn2C)cc1OC. The first-order chi connectivity index (χ1) is 8.69. The van der Waals surface area contributed by atoms with Crippen molar-refractivity contribution in [2.45, 2.75) is 6.61 Å². The molecule has 2 rings (SSSR count). The number of methoxy groups -OCH3 is 2. The number of aryl methyl sites for hydroxylation is 1. The van der Waals surface area contributed by atoms with Gasteiger partial charge in [0.2, 0.25) is 0 Å². The first-order valence-electron chi connectivity index (χ1n) is 5.55. The van der Waals surface area contributed by atoms with Crippen molar-refractivity contribution in [2.24, 2.45) is 7.05 Å². The number of aliphatic hydroxyl groups excluding tert-OH is 1. The largest absolute Gasteiger partial charge is 0.493 e. The van der Waals surface area contributed by atoms with Crippen LogP contribution in [0.3, 0.4) is 0 Å². The Morgan fingerprint density at radius 3 is 2.44 bits per heavy atom. The molecule has 18 heavy (non-hydrogen) atoms. The van der Waals surface area contributed by atoms with Gasteiger partial charge >= 0.3 is 0 Å². The Morgan fingerprint density at radius 2 is 1.89 bits per heavy atom. The molecular weight excluding hydrogens is 232 g/mol. The summed E-state index contributed by atoms with van der Waals surface area (Å²) in [7, 11) is 5.04. The standard InChI is InChI=1S/C13H16N2O3/c1-15-11(7-10(8-16)14-15)9-4-5-12(17-2)13(6-9)18-3/h4-7,16H,8H2,1-3H3. The van der Waals surface area contributed by atoms with Gasteiger partial charge in [0.25, 0.3) is 0 Å². The molecule has 0 aliphatic heterocycles. The van der Waals surface area contributed by atoms with Crippen molar-refractivity contribution in [3.8, 4) is 22.8 Å². The smallest absolute Gasteiger partial charge is 0.161 e. The number of nitrogens with zero attached hydrogens (tertiary/aromatic N) is 2. The molecule has 1 N–H and O–H groups in total. The zero-order valence-electron chi connectivity index (χ0n) is 10.7. The summed E-state index contributed by atoms with van der Waals surface area (Å²) in [6, 6.07) is 7.51. The van der Waals surface area contributed by atoms with Gasteiger partial charge in [-0.05, 0) is 24.3 Å². The molecule has 96 valence electrons. The van der Waals surface area contributed by atoms with Crippen molar-refractivity contribution in [3.05, 3.63) is 30.0 Å². The monoisotopic (exact) mass is 248 g/mol. The van der Waals surface area contributed by atoms with Crippen LogP contribution in [0.2, 0.25) is 0 Å². The highest BCUT2D eigenvalue weighted by atomic mass is 16.5. The quantitative estimate of drug-likeness (QED) is 0.892. The van der Waals surface area contributed by atoms with Crippen LogP contribution in [-0.2, 0) is 13.7 Å². The van der Waals surface area contributed by atoms with Crippen molar-refractivity contribution < 1.29 is 14.6 Å². The van der Waals surface area contributed by atoms with Crippen LogP contribution in [0.15, 0.2) is 24.3 Å². The van der Waals surface area contributed by atoms with E-state index in [1.807, 2.05) is 31.3 Å². The van der Waals surface area contributed by atoms with E-state index in [-0.39, 0.29) is 6.61 Å². The van der Waals surface area contributed by atoms with Crippen LogP contribution >= 0.6 is 0 Å². The maximum atomic E-state index is 9.08. The van der Waals surface area contributed by atoms with Crippen molar-refractivity contribution >= 4 is 0 Å². The minimum atomic E-state index is -0.0683. The summed E-state index contributed by atoms with van der Waals surface area (Å²) in [6.07, 6.45) is 0. The van der Waals surface area contributed by atoms with Crippen LogP contribution in [0.5, 0.6) is 11.5 Å².